The first-order chi connectivity index (χ1) is 9.20. The number of carboxylic acids is 1. The molecule has 0 aromatic carbocycles. The van der Waals surface area contributed by atoms with Crippen molar-refractivity contribution in [2.45, 2.75) is 33.2 Å². The molecule has 1 rings (SSSR count). The predicted molar refractivity (Wildman–Crippen MR) is 73.2 cm³/mol. The zero-order chi connectivity index (χ0) is 15.5. The Morgan fingerprint density at radius 1 is 1.35 bits per heavy atom. The molecule has 0 saturated carbocycles. The zero-order valence-corrected chi connectivity index (χ0v) is 12.4. The fourth-order valence-electron chi connectivity index (χ4n) is 2.37. The van der Waals surface area contributed by atoms with Crippen LogP contribution < -0.4 is 10.6 Å². The second-order valence-corrected chi connectivity index (χ2v) is 5.79. The van der Waals surface area contributed by atoms with E-state index >= 15 is 0 Å². The summed E-state index contributed by atoms with van der Waals surface area (Å²) in [4.78, 5) is 36.2. The van der Waals surface area contributed by atoms with Crippen molar-refractivity contribution < 1.29 is 19.5 Å². The number of nitrogens with zero attached hydrogens (tertiary/aromatic N) is 1. The third-order valence-corrected chi connectivity index (χ3v) is 3.86. The number of hydrogen-bond donors (Lipinski definition) is 3. The highest BCUT2D eigenvalue weighted by molar-refractivity contribution is 5.83. The number of amides is 3. The van der Waals surface area contributed by atoms with Crippen molar-refractivity contribution in [3.8, 4) is 0 Å². The molecule has 0 aliphatic carbocycles. The molecule has 0 aromatic rings. The third kappa shape index (κ3) is 3.40. The van der Waals surface area contributed by atoms with Crippen molar-refractivity contribution in [3.63, 3.8) is 0 Å². The van der Waals surface area contributed by atoms with Gasteiger partial charge in [0.15, 0.2) is 0 Å². The summed E-state index contributed by atoms with van der Waals surface area (Å²) in [7, 11) is 1.55. The number of nitrogens with one attached hydrogen (secondary N) is 2. The Hall–Kier alpha value is -1.79. The van der Waals surface area contributed by atoms with Gasteiger partial charge in [-0.25, -0.2) is 4.79 Å². The van der Waals surface area contributed by atoms with E-state index in [1.807, 2.05) is 0 Å². The van der Waals surface area contributed by atoms with Crippen LogP contribution in [0.4, 0.5) is 4.79 Å². The van der Waals surface area contributed by atoms with Crippen LogP contribution in [0.2, 0.25) is 0 Å². The SMILES string of the molecule is CNC(=O)C(C)(C)CNC(=O)N1CCC(C(=O)O)C1C. The Balaban J connectivity index is 2.56. The first-order valence-corrected chi connectivity index (χ1v) is 6.70. The average molecular weight is 285 g/mol. The normalized spacial score (nSPS) is 22.5. The molecule has 2 atom stereocenters. The van der Waals surface area contributed by atoms with Crippen molar-refractivity contribution in [1.82, 2.24) is 15.5 Å². The second kappa shape index (κ2) is 6.11. The van der Waals surface area contributed by atoms with Gasteiger partial charge >= 0.3 is 12.0 Å². The maximum atomic E-state index is 12.1. The van der Waals surface area contributed by atoms with Crippen LogP contribution >= 0.6 is 0 Å². The molecular weight excluding hydrogens is 262 g/mol. The van der Waals surface area contributed by atoms with Gasteiger partial charge in [-0.2, -0.15) is 0 Å². The van der Waals surface area contributed by atoms with Gasteiger partial charge in [0.05, 0.1) is 11.3 Å². The Morgan fingerprint density at radius 2 is 1.95 bits per heavy atom. The molecule has 1 aliphatic heterocycles. The van der Waals surface area contributed by atoms with Crippen LogP contribution in [0, 0.1) is 11.3 Å². The summed E-state index contributed by atoms with van der Waals surface area (Å²) in [5.41, 5.74) is -0.709. The summed E-state index contributed by atoms with van der Waals surface area (Å²) in [5, 5.41) is 14.3. The van der Waals surface area contributed by atoms with Crippen LogP contribution in [0.5, 0.6) is 0 Å². The molecule has 1 aliphatic rings. The molecule has 0 aromatic heterocycles. The predicted octanol–water partition coefficient (Wildman–Crippen LogP) is 0.263. The molecule has 2 unspecified atom stereocenters. The maximum Gasteiger partial charge on any atom is 0.317 e. The number of carbonyl (C=O) groups is 3. The van der Waals surface area contributed by atoms with Gasteiger partial charge in [0, 0.05) is 26.2 Å². The number of likely N-dealkylation sites (tertiary alicyclic amines) is 1. The van der Waals surface area contributed by atoms with E-state index in [1.54, 1.807) is 27.8 Å². The Bertz CT molecular complexity index is 408. The minimum Gasteiger partial charge on any atom is -0.481 e. The minimum atomic E-state index is -0.876. The molecule has 20 heavy (non-hydrogen) atoms. The van der Waals surface area contributed by atoms with Gasteiger partial charge in [-0.3, -0.25) is 9.59 Å². The van der Waals surface area contributed by atoms with E-state index in [1.165, 1.54) is 4.90 Å². The van der Waals surface area contributed by atoms with Crippen LogP contribution in [0.25, 0.3) is 0 Å². The van der Waals surface area contributed by atoms with Crippen molar-refractivity contribution in [2.24, 2.45) is 11.3 Å². The summed E-state index contributed by atoms with van der Waals surface area (Å²) in [6, 6.07) is -0.658. The van der Waals surface area contributed by atoms with Crippen LogP contribution in [0.1, 0.15) is 27.2 Å². The number of aliphatic carboxylic acids is 1. The first kappa shape index (κ1) is 16.3. The summed E-state index contributed by atoms with van der Waals surface area (Å²) in [6.07, 6.45) is 0.461. The molecule has 0 spiro atoms. The van der Waals surface area contributed by atoms with E-state index in [2.05, 4.69) is 10.6 Å². The molecular formula is C13H23N3O4. The topological polar surface area (TPSA) is 98.7 Å². The van der Waals surface area contributed by atoms with E-state index in [9.17, 15) is 14.4 Å². The molecule has 1 saturated heterocycles. The second-order valence-electron chi connectivity index (χ2n) is 5.79. The lowest BCUT2D eigenvalue weighted by molar-refractivity contribution is -0.142. The van der Waals surface area contributed by atoms with Crippen molar-refractivity contribution in [3.05, 3.63) is 0 Å². The van der Waals surface area contributed by atoms with Gasteiger partial charge in [-0.15, -0.1) is 0 Å². The summed E-state index contributed by atoms with van der Waals surface area (Å²) in [5.74, 6) is -1.55. The molecule has 1 heterocycles. The Kier molecular flexibility index (Phi) is 4.97. The van der Waals surface area contributed by atoms with Gasteiger partial charge in [-0.1, -0.05) is 0 Å². The highest BCUT2D eigenvalue weighted by Crippen LogP contribution is 2.24. The molecule has 0 radical (unpaired) electrons. The van der Waals surface area contributed by atoms with Crippen LogP contribution in [-0.2, 0) is 9.59 Å². The molecule has 7 nitrogen and oxygen atoms in total. The highest BCUT2D eigenvalue weighted by Gasteiger charge is 2.38. The number of hydrogen-bond acceptors (Lipinski definition) is 3. The van der Waals surface area contributed by atoms with E-state index in [0.717, 1.165) is 0 Å². The largest absolute Gasteiger partial charge is 0.481 e. The zero-order valence-electron chi connectivity index (χ0n) is 12.4. The highest BCUT2D eigenvalue weighted by atomic mass is 16.4. The van der Waals surface area contributed by atoms with Crippen molar-refractivity contribution in [2.75, 3.05) is 20.1 Å². The lowest BCUT2D eigenvalue weighted by atomic mass is 9.92. The van der Waals surface area contributed by atoms with Crippen LogP contribution in [0.15, 0.2) is 0 Å². The maximum absolute atomic E-state index is 12.1. The monoisotopic (exact) mass is 285 g/mol. The molecule has 7 heteroatoms. The summed E-state index contributed by atoms with van der Waals surface area (Å²) in [6.45, 7) is 5.82. The van der Waals surface area contributed by atoms with Gasteiger partial charge in [0.25, 0.3) is 0 Å². The third-order valence-electron chi connectivity index (χ3n) is 3.86. The average Bonchev–Trinajstić information content (AvgIpc) is 2.77. The summed E-state index contributed by atoms with van der Waals surface area (Å²) >= 11 is 0. The molecule has 1 fully saturated rings. The summed E-state index contributed by atoms with van der Waals surface area (Å²) < 4.78 is 0. The standard InChI is InChI=1S/C13H23N3O4/c1-8-9(10(17)18)5-6-16(8)12(20)15-7-13(2,3)11(19)14-4/h8-9H,5-7H2,1-4H3,(H,14,19)(H,15,20)(H,17,18). The quantitative estimate of drug-likeness (QED) is 0.690. The smallest absolute Gasteiger partial charge is 0.317 e. The number of carbonyl (C=O) groups excluding carboxylic acids is 2. The first-order valence-electron chi connectivity index (χ1n) is 6.70. The van der Waals surface area contributed by atoms with Crippen LogP contribution in [-0.4, -0.2) is 54.1 Å². The molecule has 0 bridgehead atoms. The van der Waals surface area contributed by atoms with E-state index in [-0.39, 0.29) is 24.5 Å². The van der Waals surface area contributed by atoms with Crippen molar-refractivity contribution in [1.29, 1.82) is 0 Å². The van der Waals surface area contributed by atoms with Gasteiger partial charge in [0.2, 0.25) is 5.91 Å². The lowest BCUT2D eigenvalue weighted by Gasteiger charge is -2.27. The number of carboxylic acid groups (broad SMARTS) is 1. The van der Waals surface area contributed by atoms with Crippen LogP contribution in [0.3, 0.4) is 0 Å². The molecule has 3 amide bonds. The van der Waals surface area contributed by atoms with Gasteiger partial charge < -0.3 is 20.6 Å². The Morgan fingerprint density at radius 3 is 2.40 bits per heavy atom. The van der Waals surface area contributed by atoms with E-state index < -0.39 is 17.3 Å². The Labute approximate surface area is 118 Å². The lowest BCUT2D eigenvalue weighted by Crippen LogP contribution is -2.49. The van der Waals surface area contributed by atoms with E-state index in [0.29, 0.717) is 13.0 Å². The van der Waals surface area contributed by atoms with Gasteiger partial charge in [0.1, 0.15) is 0 Å². The van der Waals surface area contributed by atoms with E-state index in [4.69, 9.17) is 5.11 Å². The fourth-order valence-corrected chi connectivity index (χ4v) is 2.37. The minimum absolute atomic E-state index is 0.157. The molecule has 114 valence electrons. The van der Waals surface area contributed by atoms with Crippen molar-refractivity contribution >= 4 is 17.9 Å². The fraction of sp³-hybridized carbons (Fsp3) is 0.769. The number of urea groups is 1. The molecule has 3 N–H and O–H groups in total. The van der Waals surface area contributed by atoms with Gasteiger partial charge in [-0.05, 0) is 27.2 Å². The number of rotatable bonds is 4.